The van der Waals surface area contributed by atoms with Gasteiger partial charge in [0.1, 0.15) is 0 Å². The molecule has 0 fully saturated rings. The molecule has 1 N–H and O–H groups in total. The van der Waals surface area contributed by atoms with E-state index in [0.29, 0.717) is 0 Å². The first-order chi connectivity index (χ1) is 11.9. The Labute approximate surface area is 140 Å². The van der Waals surface area contributed by atoms with Crippen LogP contribution in [0.5, 0.6) is 0 Å². The van der Waals surface area contributed by atoms with Crippen LogP contribution in [0.25, 0.3) is 33.5 Å². The Morgan fingerprint density at radius 2 is 1.46 bits per heavy atom. The van der Waals surface area contributed by atoms with E-state index in [-0.39, 0.29) is 0 Å². The number of nitrogens with zero attached hydrogens (tertiary/aromatic N) is 1. The van der Waals surface area contributed by atoms with Crippen LogP contribution < -0.4 is 0 Å². The zero-order valence-corrected chi connectivity index (χ0v) is 13.2. The van der Waals surface area contributed by atoms with E-state index in [1.165, 1.54) is 33.4 Å². The lowest BCUT2D eigenvalue weighted by molar-refractivity contribution is 1.26. The van der Waals surface area contributed by atoms with Gasteiger partial charge in [0.15, 0.2) is 0 Å². The van der Waals surface area contributed by atoms with Crippen molar-refractivity contribution in [3.8, 4) is 33.5 Å². The molecule has 2 heteroatoms. The van der Waals surface area contributed by atoms with E-state index in [9.17, 15) is 0 Å². The third-order valence-electron chi connectivity index (χ3n) is 4.86. The second kappa shape index (κ2) is 5.20. The van der Waals surface area contributed by atoms with Gasteiger partial charge in [0.05, 0.1) is 18.2 Å². The predicted octanol–water partition coefficient (Wildman–Crippen LogP) is 5.31. The molecule has 1 heterocycles. The summed E-state index contributed by atoms with van der Waals surface area (Å²) in [5, 5.41) is 0. The zero-order valence-electron chi connectivity index (χ0n) is 13.2. The largest absolute Gasteiger partial charge is 0.345 e. The topological polar surface area (TPSA) is 28.7 Å². The zero-order chi connectivity index (χ0) is 15.9. The Balaban J connectivity index is 1.59. The molecule has 0 radical (unpaired) electrons. The molecule has 0 aliphatic heterocycles. The fourth-order valence-corrected chi connectivity index (χ4v) is 3.67. The van der Waals surface area contributed by atoms with Gasteiger partial charge in [-0.3, -0.25) is 0 Å². The van der Waals surface area contributed by atoms with Gasteiger partial charge in [-0.05, 0) is 45.4 Å². The van der Waals surface area contributed by atoms with Crippen molar-refractivity contribution in [2.45, 2.75) is 6.42 Å². The van der Waals surface area contributed by atoms with E-state index < -0.39 is 0 Å². The van der Waals surface area contributed by atoms with Crippen molar-refractivity contribution in [3.05, 3.63) is 90.4 Å². The van der Waals surface area contributed by atoms with E-state index in [0.717, 1.165) is 17.7 Å². The first kappa shape index (κ1) is 13.3. The summed E-state index contributed by atoms with van der Waals surface area (Å²) in [6.45, 7) is 0. The molecule has 0 unspecified atom stereocenters. The van der Waals surface area contributed by atoms with Crippen molar-refractivity contribution in [2.75, 3.05) is 0 Å². The number of fused-ring (bicyclic) bond motifs is 3. The quantitative estimate of drug-likeness (QED) is 0.470. The fourth-order valence-electron chi connectivity index (χ4n) is 3.67. The van der Waals surface area contributed by atoms with Gasteiger partial charge in [-0.2, -0.15) is 0 Å². The molecule has 0 atom stereocenters. The third kappa shape index (κ3) is 2.00. The Morgan fingerprint density at radius 1 is 0.708 bits per heavy atom. The second-order valence-electron chi connectivity index (χ2n) is 6.21. The number of aromatic nitrogens is 2. The summed E-state index contributed by atoms with van der Waals surface area (Å²) in [5.74, 6) is 0. The van der Waals surface area contributed by atoms with Crippen molar-refractivity contribution in [2.24, 2.45) is 0 Å². The highest BCUT2D eigenvalue weighted by molar-refractivity contribution is 5.85. The highest BCUT2D eigenvalue weighted by Crippen LogP contribution is 2.41. The first-order valence-corrected chi connectivity index (χ1v) is 8.19. The molecule has 3 aromatic carbocycles. The van der Waals surface area contributed by atoms with Crippen LogP contribution >= 0.6 is 0 Å². The summed E-state index contributed by atoms with van der Waals surface area (Å²) in [4.78, 5) is 7.25. The molecule has 0 saturated heterocycles. The van der Waals surface area contributed by atoms with E-state index in [4.69, 9.17) is 0 Å². The number of rotatable bonds is 2. The summed E-state index contributed by atoms with van der Waals surface area (Å²) in [6, 6.07) is 24.1. The van der Waals surface area contributed by atoms with Gasteiger partial charge >= 0.3 is 0 Å². The maximum absolute atomic E-state index is 4.09. The smallest absolute Gasteiger partial charge is 0.0924 e. The van der Waals surface area contributed by atoms with E-state index >= 15 is 0 Å². The minimum absolute atomic E-state index is 1.02. The number of hydrogen-bond donors (Lipinski definition) is 1. The molecule has 4 aromatic rings. The van der Waals surface area contributed by atoms with E-state index in [2.05, 4.69) is 76.7 Å². The van der Waals surface area contributed by atoms with Crippen molar-refractivity contribution < 1.29 is 0 Å². The monoisotopic (exact) mass is 308 g/mol. The molecule has 0 amide bonds. The van der Waals surface area contributed by atoms with Crippen molar-refractivity contribution in [3.63, 3.8) is 0 Å². The van der Waals surface area contributed by atoms with E-state index in [1.54, 1.807) is 6.33 Å². The molecule has 0 bridgehead atoms. The molecule has 114 valence electrons. The number of aromatic amines is 1. The lowest BCUT2D eigenvalue weighted by Crippen LogP contribution is -1.88. The number of benzene rings is 3. The summed E-state index contributed by atoms with van der Waals surface area (Å²) in [5.41, 5.74) is 10.4. The van der Waals surface area contributed by atoms with Gasteiger partial charge in [-0.25, -0.2) is 4.98 Å². The molecule has 1 aliphatic rings. The van der Waals surface area contributed by atoms with Crippen LogP contribution in [-0.4, -0.2) is 9.97 Å². The number of imidazole rings is 1. The Kier molecular flexibility index (Phi) is 2.89. The second-order valence-corrected chi connectivity index (χ2v) is 6.21. The number of hydrogen-bond acceptors (Lipinski definition) is 1. The lowest BCUT2D eigenvalue weighted by atomic mass is 9.95. The predicted molar refractivity (Wildman–Crippen MR) is 97.7 cm³/mol. The maximum atomic E-state index is 4.09. The molecule has 1 aromatic heterocycles. The summed E-state index contributed by atoms with van der Waals surface area (Å²) < 4.78 is 0. The SMILES string of the molecule is c1ccc2c(c1)Cc1c(-c3ccc(-c4cnc[nH]4)cc3)cccc1-2. The highest BCUT2D eigenvalue weighted by atomic mass is 14.9. The minimum atomic E-state index is 1.02. The summed E-state index contributed by atoms with van der Waals surface area (Å²) in [6.07, 6.45) is 4.58. The van der Waals surface area contributed by atoms with Gasteiger partial charge in [0, 0.05) is 0 Å². The molecular formula is C22H16N2. The molecule has 5 rings (SSSR count). The first-order valence-electron chi connectivity index (χ1n) is 8.19. The number of H-pyrrole nitrogens is 1. The molecular weight excluding hydrogens is 292 g/mol. The van der Waals surface area contributed by atoms with Crippen LogP contribution in [0.2, 0.25) is 0 Å². The van der Waals surface area contributed by atoms with Crippen LogP contribution in [0, 0.1) is 0 Å². The normalized spacial score (nSPS) is 12.0. The van der Waals surface area contributed by atoms with Crippen LogP contribution in [0.1, 0.15) is 11.1 Å². The van der Waals surface area contributed by atoms with Gasteiger partial charge in [0.2, 0.25) is 0 Å². The molecule has 24 heavy (non-hydrogen) atoms. The maximum Gasteiger partial charge on any atom is 0.0924 e. The Hall–Kier alpha value is -3.13. The average molecular weight is 308 g/mol. The number of nitrogens with one attached hydrogen (secondary N) is 1. The molecule has 0 saturated carbocycles. The Morgan fingerprint density at radius 3 is 2.29 bits per heavy atom. The standard InChI is InChI=1S/C22H16N2/c1-2-5-19-17(4-1)12-21-18(6-3-7-20(19)21)15-8-10-16(11-9-15)22-13-23-14-24-22/h1-11,13-14H,12H2,(H,23,24). The highest BCUT2D eigenvalue weighted by Gasteiger charge is 2.20. The van der Waals surface area contributed by atoms with Gasteiger partial charge < -0.3 is 4.98 Å². The van der Waals surface area contributed by atoms with Crippen molar-refractivity contribution in [1.82, 2.24) is 9.97 Å². The molecule has 0 spiro atoms. The third-order valence-corrected chi connectivity index (χ3v) is 4.86. The average Bonchev–Trinajstić information content (AvgIpc) is 3.29. The van der Waals surface area contributed by atoms with Crippen LogP contribution in [0.3, 0.4) is 0 Å². The molecule has 2 nitrogen and oxygen atoms in total. The van der Waals surface area contributed by atoms with Crippen LogP contribution in [0.15, 0.2) is 79.3 Å². The molecule has 1 aliphatic carbocycles. The van der Waals surface area contributed by atoms with Gasteiger partial charge in [-0.15, -0.1) is 0 Å². The summed E-state index contributed by atoms with van der Waals surface area (Å²) >= 11 is 0. The lowest BCUT2D eigenvalue weighted by Gasteiger charge is -2.09. The fraction of sp³-hybridized carbons (Fsp3) is 0.0455. The van der Waals surface area contributed by atoms with Crippen molar-refractivity contribution in [1.29, 1.82) is 0 Å². The van der Waals surface area contributed by atoms with Gasteiger partial charge in [-0.1, -0.05) is 66.7 Å². The van der Waals surface area contributed by atoms with Gasteiger partial charge in [0.25, 0.3) is 0 Å². The summed E-state index contributed by atoms with van der Waals surface area (Å²) in [7, 11) is 0. The minimum Gasteiger partial charge on any atom is -0.345 e. The van der Waals surface area contributed by atoms with Crippen LogP contribution in [0.4, 0.5) is 0 Å². The Bertz CT molecular complexity index is 1010. The van der Waals surface area contributed by atoms with E-state index in [1.807, 2.05) is 6.20 Å². The van der Waals surface area contributed by atoms with Crippen molar-refractivity contribution >= 4 is 0 Å². The van der Waals surface area contributed by atoms with Crippen LogP contribution in [-0.2, 0) is 6.42 Å².